The summed E-state index contributed by atoms with van der Waals surface area (Å²) in [5.41, 5.74) is 5.72. The summed E-state index contributed by atoms with van der Waals surface area (Å²) < 4.78 is 53.2. The highest BCUT2D eigenvalue weighted by molar-refractivity contribution is 6.74. The summed E-state index contributed by atoms with van der Waals surface area (Å²) in [6.07, 6.45) is 2.71. The van der Waals surface area contributed by atoms with Crippen molar-refractivity contribution >= 4 is 13.9 Å². The minimum atomic E-state index is -4.44. The summed E-state index contributed by atoms with van der Waals surface area (Å²) in [4.78, 5) is 5.42. The van der Waals surface area contributed by atoms with Gasteiger partial charge in [0.05, 0.1) is 17.4 Å². The Morgan fingerprint density at radius 1 is 1.07 bits per heavy atom. The lowest BCUT2D eigenvalue weighted by molar-refractivity contribution is -0.137. The number of aromatic nitrogens is 1. The number of pyridine rings is 1. The topological polar surface area (TPSA) is 51.6 Å². The van der Waals surface area contributed by atoms with E-state index in [1.54, 1.807) is 0 Å². The van der Waals surface area contributed by atoms with Crippen molar-refractivity contribution in [2.45, 2.75) is 122 Å². The maximum Gasteiger partial charge on any atom is 0.416 e. The summed E-state index contributed by atoms with van der Waals surface area (Å²) in [6, 6.07) is 4.97. The molecule has 5 rings (SSSR count). The number of fused-ring (bicyclic) bond motifs is 1. The van der Waals surface area contributed by atoms with Crippen LogP contribution in [-0.4, -0.2) is 31.6 Å². The van der Waals surface area contributed by atoms with E-state index in [1.807, 2.05) is 0 Å². The van der Waals surface area contributed by atoms with Gasteiger partial charge in [0, 0.05) is 36.0 Å². The fourth-order valence-electron chi connectivity index (χ4n) is 6.75. The predicted octanol–water partition coefficient (Wildman–Crippen LogP) is 9.68. The maximum atomic E-state index is 13.4. The van der Waals surface area contributed by atoms with E-state index in [4.69, 9.17) is 14.1 Å². The molecule has 3 aliphatic rings. The van der Waals surface area contributed by atoms with Gasteiger partial charge in [0.15, 0.2) is 8.32 Å². The van der Waals surface area contributed by atoms with Crippen LogP contribution in [0.5, 0.6) is 0 Å². The van der Waals surface area contributed by atoms with Crippen molar-refractivity contribution in [3.05, 3.63) is 69.5 Å². The van der Waals surface area contributed by atoms with E-state index in [1.165, 1.54) is 17.7 Å². The summed E-state index contributed by atoms with van der Waals surface area (Å²) in [6.45, 7) is 17.1. The predicted molar refractivity (Wildman–Crippen MR) is 167 cm³/mol. The first-order chi connectivity index (χ1) is 20.0. The van der Waals surface area contributed by atoms with Gasteiger partial charge in [0.2, 0.25) is 0 Å². The van der Waals surface area contributed by atoms with Gasteiger partial charge in [-0.25, -0.2) is 0 Å². The zero-order valence-electron chi connectivity index (χ0n) is 26.8. The van der Waals surface area contributed by atoms with Gasteiger partial charge in [0.25, 0.3) is 0 Å². The smallest absolute Gasteiger partial charge is 0.410 e. The summed E-state index contributed by atoms with van der Waals surface area (Å²) >= 11 is 0. The van der Waals surface area contributed by atoms with Gasteiger partial charge in [-0.1, -0.05) is 52.8 Å². The number of halogens is 3. The number of aliphatic hydroxyl groups is 1. The van der Waals surface area contributed by atoms with Crippen LogP contribution in [0.1, 0.15) is 130 Å². The summed E-state index contributed by atoms with van der Waals surface area (Å²) in [7, 11) is -2.20. The molecule has 1 saturated heterocycles. The average molecular weight is 616 g/mol. The highest BCUT2D eigenvalue weighted by Gasteiger charge is 2.45. The second kappa shape index (κ2) is 11.7. The van der Waals surface area contributed by atoms with E-state index >= 15 is 0 Å². The fraction of sp³-hybridized carbons (Fsp3) is 0.629. The largest absolute Gasteiger partial charge is 0.416 e. The second-order valence-corrected chi connectivity index (χ2v) is 19.8. The molecule has 43 heavy (non-hydrogen) atoms. The van der Waals surface area contributed by atoms with E-state index in [0.29, 0.717) is 18.8 Å². The number of aliphatic hydroxyl groups excluding tert-OH is 1. The van der Waals surface area contributed by atoms with Crippen LogP contribution in [0.25, 0.3) is 5.57 Å². The molecule has 0 unspecified atom stereocenters. The Morgan fingerprint density at radius 3 is 2.28 bits per heavy atom. The van der Waals surface area contributed by atoms with Gasteiger partial charge in [0.1, 0.15) is 6.10 Å². The van der Waals surface area contributed by atoms with Crippen molar-refractivity contribution in [2.24, 2.45) is 5.41 Å². The molecule has 1 aromatic carbocycles. The molecule has 0 radical (unpaired) electrons. The van der Waals surface area contributed by atoms with Crippen molar-refractivity contribution < 1.29 is 27.4 Å². The van der Waals surface area contributed by atoms with Gasteiger partial charge in [-0.2, -0.15) is 13.2 Å². The minimum Gasteiger partial charge on any atom is -0.410 e. The zero-order valence-corrected chi connectivity index (χ0v) is 27.8. The molecule has 1 N–H and O–H groups in total. The number of rotatable bonds is 6. The number of ether oxygens (including phenoxy) is 1. The molecular weight excluding hydrogens is 567 g/mol. The Hall–Kier alpha value is -2.00. The number of benzene rings is 1. The van der Waals surface area contributed by atoms with Crippen LogP contribution in [0, 0.1) is 5.41 Å². The van der Waals surface area contributed by atoms with Crippen LogP contribution in [0.3, 0.4) is 0 Å². The molecule has 236 valence electrons. The number of allylic oxidation sites excluding steroid dienone is 2. The molecule has 1 aliphatic heterocycles. The molecular formula is C35H48F3NO3Si. The Morgan fingerprint density at radius 2 is 1.72 bits per heavy atom. The first-order valence-corrected chi connectivity index (χ1v) is 18.8. The van der Waals surface area contributed by atoms with Gasteiger partial charge in [-0.05, 0) is 97.3 Å². The van der Waals surface area contributed by atoms with E-state index < -0.39 is 26.2 Å². The number of hydrogen-bond acceptors (Lipinski definition) is 4. The minimum absolute atomic E-state index is 0.0135. The first-order valence-electron chi connectivity index (χ1n) is 15.9. The van der Waals surface area contributed by atoms with Crippen LogP contribution >= 0.6 is 0 Å². The normalized spacial score (nSPS) is 22.3. The molecule has 0 amide bonds. The van der Waals surface area contributed by atoms with E-state index in [-0.39, 0.29) is 22.5 Å². The molecule has 8 heteroatoms. The Labute approximate surface area is 256 Å². The third-order valence-electron chi connectivity index (χ3n) is 10.1. The lowest BCUT2D eigenvalue weighted by Gasteiger charge is -2.45. The van der Waals surface area contributed by atoms with E-state index in [9.17, 15) is 18.3 Å². The van der Waals surface area contributed by atoms with E-state index in [2.05, 4.69) is 53.8 Å². The summed E-state index contributed by atoms with van der Waals surface area (Å²) in [5, 5.41) is 12.2. The lowest BCUT2D eigenvalue weighted by atomic mass is 9.71. The van der Waals surface area contributed by atoms with Crippen LogP contribution in [0.4, 0.5) is 13.2 Å². The molecule has 4 nitrogen and oxygen atoms in total. The SMILES string of the molecule is CC1(C)Cc2nc(C3CCOCC3)c([C@H](O)c3ccc(C(F)(F)F)cc3)c(C3=CCCC3)c2[C@@H](O[Si](C)(C)C(C)(C)C)C1. The van der Waals surface area contributed by atoms with Crippen molar-refractivity contribution in [1.82, 2.24) is 4.98 Å². The first kappa shape index (κ1) is 32.4. The third kappa shape index (κ3) is 6.68. The highest BCUT2D eigenvalue weighted by Crippen LogP contribution is 2.52. The molecule has 2 heterocycles. The van der Waals surface area contributed by atoms with Crippen molar-refractivity contribution in [3.63, 3.8) is 0 Å². The molecule has 2 aromatic rings. The van der Waals surface area contributed by atoms with Crippen LogP contribution in [0.2, 0.25) is 18.1 Å². The highest BCUT2D eigenvalue weighted by atomic mass is 28.4. The monoisotopic (exact) mass is 615 g/mol. The van der Waals surface area contributed by atoms with Gasteiger partial charge in [-0.15, -0.1) is 0 Å². The van der Waals surface area contributed by atoms with Gasteiger partial charge in [-0.3, -0.25) is 4.98 Å². The van der Waals surface area contributed by atoms with Crippen molar-refractivity contribution in [1.29, 1.82) is 0 Å². The Kier molecular flexibility index (Phi) is 8.84. The van der Waals surface area contributed by atoms with E-state index in [0.717, 1.165) is 85.2 Å². The van der Waals surface area contributed by atoms with Crippen LogP contribution < -0.4 is 0 Å². The second-order valence-electron chi connectivity index (χ2n) is 15.1. The molecule has 1 aromatic heterocycles. The van der Waals surface area contributed by atoms with Crippen LogP contribution in [0.15, 0.2) is 30.3 Å². The van der Waals surface area contributed by atoms with Crippen LogP contribution in [-0.2, 0) is 21.8 Å². The molecule has 2 atom stereocenters. The zero-order chi connectivity index (χ0) is 31.4. The molecule has 0 spiro atoms. The molecule has 0 saturated carbocycles. The maximum absolute atomic E-state index is 13.4. The van der Waals surface area contributed by atoms with Gasteiger partial charge >= 0.3 is 6.18 Å². The molecule has 0 bridgehead atoms. The molecule has 1 fully saturated rings. The quantitative estimate of drug-likeness (QED) is 0.329. The van der Waals surface area contributed by atoms with Crippen molar-refractivity contribution in [2.75, 3.05) is 13.2 Å². The number of nitrogens with zero attached hydrogens (tertiary/aromatic N) is 1. The number of hydrogen-bond donors (Lipinski definition) is 1. The standard InChI is InChI=1S/C35H48F3NO3Si/c1-33(2,3)43(6,7)42-27-21-34(4,5)20-26-29(27)28(22-10-8-9-11-22)30(31(39-26)23-16-18-41-19-17-23)32(40)24-12-14-25(15-13-24)35(36,37)38/h10,12-15,23,27,32,40H,8-9,11,16-21H2,1-7H3/t27-,32+/m0/s1. The van der Waals surface area contributed by atoms with Gasteiger partial charge < -0.3 is 14.3 Å². The molecule has 2 aliphatic carbocycles. The third-order valence-corrected chi connectivity index (χ3v) is 14.6. The summed E-state index contributed by atoms with van der Waals surface area (Å²) in [5.74, 6) is 0.101. The Balaban J connectivity index is 1.76. The number of alkyl halides is 3. The van der Waals surface area contributed by atoms with Crippen molar-refractivity contribution in [3.8, 4) is 0 Å². The Bertz CT molecular complexity index is 1350. The lowest BCUT2D eigenvalue weighted by Crippen LogP contribution is -2.44. The fourth-order valence-corrected chi connectivity index (χ4v) is 8.02. The average Bonchev–Trinajstić information content (AvgIpc) is 3.45.